The average Bonchev–Trinajstić information content (AvgIpc) is 3.23. The van der Waals surface area contributed by atoms with Gasteiger partial charge in [0.1, 0.15) is 10.8 Å². The molecule has 0 saturated carbocycles. The van der Waals surface area contributed by atoms with Crippen molar-refractivity contribution in [3.05, 3.63) is 58.6 Å². The van der Waals surface area contributed by atoms with Crippen LogP contribution in [0.25, 0.3) is 10.6 Å². The lowest BCUT2D eigenvalue weighted by Crippen LogP contribution is -2.36. The number of halogens is 1. The summed E-state index contributed by atoms with van der Waals surface area (Å²) in [7, 11) is 0. The number of fused-ring (bicyclic) bond motifs is 1. The van der Waals surface area contributed by atoms with E-state index in [1.54, 1.807) is 12.3 Å². The van der Waals surface area contributed by atoms with Gasteiger partial charge in [-0.15, -0.1) is 11.3 Å². The molecular formula is C17H15FN4OS. The Kier molecular flexibility index (Phi) is 3.86. The Balaban J connectivity index is 1.45. The van der Waals surface area contributed by atoms with E-state index in [-0.39, 0.29) is 18.1 Å². The molecule has 0 atom stereocenters. The van der Waals surface area contributed by atoms with Crippen molar-refractivity contribution in [2.45, 2.75) is 19.4 Å². The van der Waals surface area contributed by atoms with Crippen molar-refractivity contribution >= 4 is 17.2 Å². The van der Waals surface area contributed by atoms with Crippen LogP contribution in [0.1, 0.15) is 17.0 Å². The summed E-state index contributed by atoms with van der Waals surface area (Å²) in [6.07, 6.45) is 2.84. The number of benzene rings is 1. The zero-order valence-corrected chi connectivity index (χ0v) is 13.6. The molecule has 5 nitrogen and oxygen atoms in total. The SMILES string of the molecule is O=C(Cc1csc(-c2cccc(F)c2)n1)N1CCc2[nH]ncc2C1. The minimum atomic E-state index is -0.287. The normalized spacial score (nSPS) is 13.8. The number of H-pyrrole nitrogens is 1. The molecule has 0 bridgehead atoms. The fourth-order valence-electron chi connectivity index (χ4n) is 2.84. The first-order chi connectivity index (χ1) is 11.7. The van der Waals surface area contributed by atoms with E-state index in [4.69, 9.17) is 0 Å². The third-order valence-corrected chi connectivity index (χ3v) is 5.05. The highest BCUT2D eigenvalue weighted by atomic mass is 32.1. The summed E-state index contributed by atoms with van der Waals surface area (Å²) in [5, 5.41) is 9.58. The molecule has 0 aliphatic carbocycles. The third kappa shape index (κ3) is 2.94. The minimum Gasteiger partial charge on any atom is -0.338 e. The highest BCUT2D eigenvalue weighted by Gasteiger charge is 2.22. The van der Waals surface area contributed by atoms with Gasteiger partial charge in [-0.05, 0) is 12.1 Å². The summed E-state index contributed by atoms with van der Waals surface area (Å²) in [6.45, 7) is 1.28. The molecule has 1 aliphatic rings. The van der Waals surface area contributed by atoms with Gasteiger partial charge in [-0.25, -0.2) is 9.37 Å². The summed E-state index contributed by atoms with van der Waals surface area (Å²) in [4.78, 5) is 18.8. The molecule has 3 heterocycles. The summed E-state index contributed by atoms with van der Waals surface area (Å²) in [5.74, 6) is -0.234. The molecular weight excluding hydrogens is 327 g/mol. The maximum Gasteiger partial charge on any atom is 0.228 e. The standard InChI is InChI=1S/C17H15FN4OS/c18-13-3-1-2-11(6-13)17-20-14(10-24-17)7-16(23)22-5-4-15-12(9-22)8-19-21-15/h1-3,6,8,10H,4-5,7,9H2,(H,19,21). The van der Waals surface area contributed by atoms with Crippen LogP contribution in [0.5, 0.6) is 0 Å². The Labute approximate surface area is 142 Å². The van der Waals surface area contributed by atoms with Crippen molar-refractivity contribution in [1.29, 1.82) is 0 Å². The quantitative estimate of drug-likeness (QED) is 0.796. The molecule has 122 valence electrons. The number of amides is 1. The number of rotatable bonds is 3. The molecule has 1 aliphatic heterocycles. The van der Waals surface area contributed by atoms with Crippen LogP contribution in [0, 0.1) is 5.82 Å². The first-order valence-electron chi connectivity index (χ1n) is 7.68. The third-order valence-electron chi connectivity index (χ3n) is 4.11. The monoisotopic (exact) mass is 342 g/mol. The van der Waals surface area contributed by atoms with Crippen LogP contribution in [0.2, 0.25) is 0 Å². The maximum absolute atomic E-state index is 13.3. The van der Waals surface area contributed by atoms with E-state index in [0.717, 1.165) is 33.9 Å². The molecule has 0 radical (unpaired) electrons. The molecule has 4 rings (SSSR count). The van der Waals surface area contributed by atoms with E-state index in [0.29, 0.717) is 13.1 Å². The predicted molar refractivity (Wildman–Crippen MR) is 88.9 cm³/mol. The Bertz CT molecular complexity index is 888. The summed E-state index contributed by atoms with van der Waals surface area (Å²) < 4.78 is 13.3. The number of nitrogens with zero attached hydrogens (tertiary/aromatic N) is 3. The zero-order chi connectivity index (χ0) is 16.5. The van der Waals surface area contributed by atoms with Crippen LogP contribution in [-0.4, -0.2) is 32.5 Å². The van der Waals surface area contributed by atoms with Gasteiger partial charge in [0.05, 0.1) is 18.3 Å². The first-order valence-corrected chi connectivity index (χ1v) is 8.56. The van der Waals surface area contributed by atoms with Crippen molar-refractivity contribution in [2.75, 3.05) is 6.54 Å². The maximum atomic E-state index is 13.3. The number of hydrogen-bond acceptors (Lipinski definition) is 4. The van der Waals surface area contributed by atoms with Crippen LogP contribution < -0.4 is 0 Å². The minimum absolute atomic E-state index is 0.0537. The van der Waals surface area contributed by atoms with Gasteiger partial charge in [0.25, 0.3) is 0 Å². The van der Waals surface area contributed by atoms with E-state index in [9.17, 15) is 9.18 Å². The zero-order valence-electron chi connectivity index (χ0n) is 12.8. The molecule has 3 aromatic rings. The molecule has 1 N–H and O–H groups in total. The lowest BCUT2D eigenvalue weighted by atomic mass is 10.1. The Morgan fingerprint density at radius 2 is 2.33 bits per heavy atom. The molecule has 1 amide bonds. The predicted octanol–water partition coefficient (Wildman–Crippen LogP) is 2.80. The van der Waals surface area contributed by atoms with E-state index in [1.165, 1.54) is 23.5 Å². The van der Waals surface area contributed by atoms with Gasteiger partial charge in [0.15, 0.2) is 0 Å². The molecule has 24 heavy (non-hydrogen) atoms. The van der Waals surface area contributed by atoms with Gasteiger partial charge in [-0.2, -0.15) is 5.10 Å². The highest BCUT2D eigenvalue weighted by molar-refractivity contribution is 7.13. The summed E-state index contributed by atoms with van der Waals surface area (Å²) in [5.41, 5.74) is 3.65. The lowest BCUT2D eigenvalue weighted by Gasteiger charge is -2.26. The van der Waals surface area contributed by atoms with Crippen molar-refractivity contribution in [3.8, 4) is 10.6 Å². The van der Waals surface area contributed by atoms with Gasteiger partial charge in [-0.1, -0.05) is 12.1 Å². The number of nitrogens with one attached hydrogen (secondary N) is 1. The van der Waals surface area contributed by atoms with E-state index >= 15 is 0 Å². The number of carbonyl (C=O) groups excluding carboxylic acids is 1. The van der Waals surface area contributed by atoms with Crippen LogP contribution in [-0.2, 0) is 24.2 Å². The van der Waals surface area contributed by atoms with Crippen LogP contribution in [0.15, 0.2) is 35.8 Å². The van der Waals surface area contributed by atoms with Gasteiger partial charge >= 0.3 is 0 Å². The molecule has 7 heteroatoms. The Morgan fingerprint density at radius 3 is 3.21 bits per heavy atom. The van der Waals surface area contributed by atoms with Gasteiger partial charge < -0.3 is 4.90 Å². The largest absolute Gasteiger partial charge is 0.338 e. The second kappa shape index (κ2) is 6.16. The fraction of sp³-hybridized carbons (Fsp3) is 0.235. The number of aromatic nitrogens is 3. The van der Waals surface area contributed by atoms with Crippen molar-refractivity contribution in [3.63, 3.8) is 0 Å². The van der Waals surface area contributed by atoms with E-state index in [2.05, 4.69) is 15.2 Å². The fourth-order valence-corrected chi connectivity index (χ4v) is 3.66. The topological polar surface area (TPSA) is 61.9 Å². The van der Waals surface area contributed by atoms with Crippen LogP contribution in [0.4, 0.5) is 4.39 Å². The number of aromatic amines is 1. The second-order valence-electron chi connectivity index (χ2n) is 5.77. The van der Waals surface area contributed by atoms with E-state index < -0.39 is 0 Å². The van der Waals surface area contributed by atoms with E-state index in [1.807, 2.05) is 16.3 Å². The highest BCUT2D eigenvalue weighted by Crippen LogP contribution is 2.25. The molecule has 0 saturated heterocycles. The Morgan fingerprint density at radius 1 is 1.42 bits per heavy atom. The van der Waals surface area contributed by atoms with Crippen molar-refractivity contribution in [2.24, 2.45) is 0 Å². The number of hydrogen-bond donors (Lipinski definition) is 1. The molecule has 1 aromatic carbocycles. The van der Waals surface area contributed by atoms with Gasteiger partial charge in [0, 0.05) is 41.7 Å². The van der Waals surface area contributed by atoms with Crippen molar-refractivity contribution in [1.82, 2.24) is 20.1 Å². The molecule has 0 fully saturated rings. The molecule has 0 spiro atoms. The summed E-state index contributed by atoms with van der Waals surface area (Å²) >= 11 is 1.43. The van der Waals surface area contributed by atoms with Crippen LogP contribution >= 0.6 is 11.3 Å². The van der Waals surface area contributed by atoms with Crippen molar-refractivity contribution < 1.29 is 9.18 Å². The summed E-state index contributed by atoms with van der Waals surface area (Å²) in [6, 6.07) is 6.34. The Hall–Kier alpha value is -2.54. The van der Waals surface area contributed by atoms with Gasteiger partial charge in [-0.3, -0.25) is 9.89 Å². The first kappa shape index (κ1) is 15.0. The van der Waals surface area contributed by atoms with Crippen LogP contribution in [0.3, 0.4) is 0 Å². The van der Waals surface area contributed by atoms with Gasteiger partial charge in [0.2, 0.25) is 5.91 Å². The lowest BCUT2D eigenvalue weighted by molar-refractivity contribution is -0.131. The number of thiazole rings is 1. The molecule has 0 unspecified atom stereocenters. The second-order valence-corrected chi connectivity index (χ2v) is 6.63. The molecule has 2 aromatic heterocycles. The number of carbonyl (C=O) groups is 1. The smallest absolute Gasteiger partial charge is 0.228 e. The average molecular weight is 342 g/mol.